The Balaban J connectivity index is 0.000000162. The van der Waals surface area contributed by atoms with Gasteiger partial charge in [-0.3, -0.25) is 4.98 Å². The number of nitrogens with zero attached hydrogens (tertiary/aromatic N) is 3. The third kappa shape index (κ3) is 4.92. The Morgan fingerprint density at radius 1 is 0.902 bits per heavy atom. The van der Waals surface area contributed by atoms with Crippen LogP contribution in [-0.4, -0.2) is 14.5 Å². The molecule has 0 N–H and O–H groups in total. The molecule has 2 aliphatic carbocycles. The number of hydrogen-bond donors (Lipinski definition) is 0. The van der Waals surface area contributed by atoms with Crippen LogP contribution in [0.15, 0.2) is 85.1 Å². The molecular formula is C37H35IrN3-2. The average molecular weight is 714 g/mol. The second-order valence-electron chi connectivity index (χ2n) is 12.1. The van der Waals surface area contributed by atoms with Gasteiger partial charge < -0.3 is 9.55 Å². The van der Waals surface area contributed by atoms with E-state index in [1.807, 2.05) is 30.5 Å². The maximum Gasteiger partial charge on any atom is 0.0777 e. The molecule has 209 valence electrons. The van der Waals surface area contributed by atoms with E-state index >= 15 is 0 Å². The SMILES string of the molecule is CC1(C)C=C(C2CCCC2)c2cccc3nc(-c4[c-]cccc4)n1c23.CC1Cc2ccc[c-]c2-c2ncccc21.[Ir]. The van der Waals surface area contributed by atoms with E-state index in [1.165, 1.54) is 53.5 Å². The summed E-state index contributed by atoms with van der Waals surface area (Å²) in [5.74, 6) is 2.30. The molecule has 0 spiro atoms. The Morgan fingerprint density at radius 2 is 1.73 bits per heavy atom. The Bertz CT molecular complexity index is 1720. The number of hydrogen-bond acceptors (Lipinski definition) is 2. The largest absolute Gasteiger partial charge is 0.355 e. The number of fused-ring (bicyclic) bond motifs is 3. The van der Waals surface area contributed by atoms with Crippen LogP contribution in [0.4, 0.5) is 0 Å². The number of para-hydroxylation sites is 1. The molecule has 5 aromatic rings. The number of imidazole rings is 1. The van der Waals surface area contributed by atoms with E-state index in [2.05, 4.69) is 97.1 Å². The van der Waals surface area contributed by atoms with Crippen molar-refractivity contribution in [2.45, 2.75) is 64.3 Å². The predicted octanol–water partition coefficient (Wildman–Crippen LogP) is 9.03. The van der Waals surface area contributed by atoms with E-state index in [0.717, 1.165) is 29.0 Å². The van der Waals surface area contributed by atoms with Gasteiger partial charge in [-0.1, -0.05) is 56.0 Å². The van der Waals surface area contributed by atoms with Crippen LogP contribution in [0.5, 0.6) is 0 Å². The molecule has 3 heterocycles. The van der Waals surface area contributed by atoms with Gasteiger partial charge in [0.05, 0.1) is 22.4 Å². The molecule has 1 unspecified atom stereocenters. The summed E-state index contributed by atoms with van der Waals surface area (Å²) in [6.07, 6.45) is 10.8. The van der Waals surface area contributed by atoms with Crippen molar-refractivity contribution in [1.82, 2.24) is 14.5 Å². The zero-order valence-electron chi connectivity index (χ0n) is 23.9. The van der Waals surface area contributed by atoms with Crippen molar-refractivity contribution in [3.63, 3.8) is 0 Å². The zero-order chi connectivity index (χ0) is 27.3. The number of allylic oxidation sites excluding steroid dienone is 2. The van der Waals surface area contributed by atoms with Gasteiger partial charge in [0.15, 0.2) is 0 Å². The summed E-state index contributed by atoms with van der Waals surface area (Å²) in [5, 5.41) is 0. The molecular weight excluding hydrogens is 679 g/mol. The Labute approximate surface area is 257 Å². The molecule has 0 bridgehead atoms. The second kappa shape index (κ2) is 11.2. The van der Waals surface area contributed by atoms with Crippen molar-refractivity contribution in [2.24, 2.45) is 5.92 Å². The summed E-state index contributed by atoms with van der Waals surface area (Å²) >= 11 is 0. The molecule has 3 aliphatic rings. The van der Waals surface area contributed by atoms with Gasteiger partial charge in [0.1, 0.15) is 0 Å². The Kier molecular flexibility index (Phi) is 7.57. The fraction of sp³-hybridized carbons (Fsp3) is 0.297. The maximum atomic E-state index is 5.01. The third-order valence-corrected chi connectivity index (χ3v) is 8.89. The summed E-state index contributed by atoms with van der Waals surface area (Å²) in [7, 11) is 0. The zero-order valence-corrected chi connectivity index (χ0v) is 26.3. The van der Waals surface area contributed by atoms with Crippen molar-refractivity contribution in [3.05, 3.63) is 114 Å². The van der Waals surface area contributed by atoms with Crippen LogP contribution >= 0.6 is 0 Å². The van der Waals surface area contributed by atoms with Crippen molar-refractivity contribution in [2.75, 3.05) is 0 Å². The second-order valence-corrected chi connectivity index (χ2v) is 12.1. The van der Waals surface area contributed by atoms with Gasteiger partial charge >= 0.3 is 0 Å². The van der Waals surface area contributed by atoms with Crippen molar-refractivity contribution < 1.29 is 20.1 Å². The third-order valence-electron chi connectivity index (χ3n) is 8.89. The molecule has 0 amide bonds. The van der Waals surface area contributed by atoms with Crippen molar-refractivity contribution >= 4 is 16.6 Å². The number of pyridine rings is 1. The fourth-order valence-corrected chi connectivity index (χ4v) is 7.06. The van der Waals surface area contributed by atoms with E-state index in [9.17, 15) is 0 Å². The number of aromatic nitrogens is 3. The van der Waals surface area contributed by atoms with E-state index < -0.39 is 0 Å². The summed E-state index contributed by atoms with van der Waals surface area (Å²) in [6, 6.07) is 31.8. The van der Waals surface area contributed by atoms with E-state index in [-0.39, 0.29) is 25.6 Å². The van der Waals surface area contributed by atoms with Crippen molar-refractivity contribution in [3.8, 4) is 22.6 Å². The topological polar surface area (TPSA) is 30.7 Å². The predicted molar refractivity (Wildman–Crippen MR) is 164 cm³/mol. The van der Waals surface area contributed by atoms with Crippen LogP contribution in [0.3, 0.4) is 0 Å². The van der Waals surface area contributed by atoms with Crippen molar-refractivity contribution in [1.29, 1.82) is 0 Å². The molecule has 1 aliphatic heterocycles. The molecule has 41 heavy (non-hydrogen) atoms. The first-order chi connectivity index (χ1) is 19.5. The van der Waals surface area contributed by atoms with Crippen LogP contribution in [-0.2, 0) is 32.1 Å². The van der Waals surface area contributed by atoms with E-state index in [0.29, 0.717) is 11.8 Å². The molecule has 3 aromatic carbocycles. The minimum Gasteiger partial charge on any atom is -0.355 e. The maximum absolute atomic E-state index is 5.01. The first-order valence-corrected chi connectivity index (χ1v) is 14.7. The quantitative estimate of drug-likeness (QED) is 0.171. The monoisotopic (exact) mass is 714 g/mol. The van der Waals surface area contributed by atoms with Crippen LogP contribution in [0.25, 0.3) is 39.3 Å². The van der Waals surface area contributed by atoms with Crippen LogP contribution in [0, 0.1) is 18.1 Å². The van der Waals surface area contributed by atoms with Crippen LogP contribution in [0.2, 0.25) is 0 Å². The molecule has 4 heteroatoms. The molecule has 1 saturated carbocycles. The number of benzene rings is 3. The van der Waals surface area contributed by atoms with Gasteiger partial charge in [0.25, 0.3) is 0 Å². The summed E-state index contributed by atoms with van der Waals surface area (Å²) in [4.78, 5) is 9.49. The first-order valence-electron chi connectivity index (χ1n) is 14.7. The van der Waals surface area contributed by atoms with Gasteiger partial charge in [-0.2, -0.15) is 0 Å². The molecule has 1 fully saturated rings. The molecule has 8 rings (SSSR count). The van der Waals surface area contributed by atoms with E-state index in [4.69, 9.17) is 4.98 Å². The van der Waals surface area contributed by atoms with Gasteiger partial charge in [-0.15, -0.1) is 71.3 Å². The van der Waals surface area contributed by atoms with Crippen LogP contribution < -0.4 is 0 Å². The molecule has 1 atom stereocenters. The van der Waals surface area contributed by atoms with Gasteiger partial charge in [0, 0.05) is 31.9 Å². The summed E-state index contributed by atoms with van der Waals surface area (Å²) in [5.41, 5.74) is 11.3. The average Bonchev–Trinajstić information content (AvgIpc) is 3.66. The number of rotatable bonds is 2. The van der Waals surface area contributed by atoms with Gasteiger partial charge in [-0.25, -0.2) is 0 Å². The first kappa shape index (κ1) is 27.8. The smallest absolute Gasteiger partial charge is 0.0777 e. The van der Waals surface area contributed by atoms with Gasteiger partial charge in [0.2, 0.25) is 0 Å². The normalized spacial score (nSPS) is 18.4. The molecule has 1 radical (unpaired) electrons. The minimum absolute atomic E-state index is 0. The van der Waals surface area contributed by atoms with Crippen LogP contribution in [0.1, 0.15) is 69.1 Å². The minimum atomic E-state index is -0.0833. The fourth-order valence-electron chi connectivity index (χ4n) is 7.06. The Hall–Kier alpha value is -3.33. The van der Waals surface area contributed by atoms with E-state index in [1.54, 1.807) is 5.57 Å². The van der Waals surface area contributed by atoms with Gasteiger partial charge in [-0.05, 0) is 61.9 Å². The molecule has 3 nitrogen and oxygen atoms in total. The Morgan fingerprint density at radius 3 is 2.54 bits per heavy atom. The summed E-state index contributed by atoms with van der Waals surface area (Å²) in [6.45, 7) is 6.88. The molecule has 0 saturated heterocycles. The standard InChI is InChI=1S/C23H23N2.C14H12N.Ir/c1-23(2)15-19(16-9-6-7-10-16)18-13-8-14-20-21(18)25(23)22(24-20)17-11-4-3-5-12-17;1-10-9-11-5-2-3-6-13(11)14-12(10)7-4-8-15-14;/h3-5,8,11,13-16H,6-7,9-10H2,1-2H3;2-5,7-8,10H,9H2,1H3;/q2*-1;. The molecule has 2 aromatic heterocycles. The summed E-state index contributed by atoms with van der Waals surface area (Å²) < 4.78 is 2.42.